The van der Waals surface area contributed by atoms with Crippen LogP contribution in [0.25, 0.3) is 0 Å². The average molecular weight is 462 g/mol. The van der Waals surface area contributed by atoms with Crippen LogP contribution in [0.3, 0.4) is 0 Å². The highest BCUT2D eigenvalue weighted by molar-refractivity contribution is 5.89. The molecule has 5 atom stereocenters. The third-order valence-corrected chi connectivity index (χ3v) is 6.51. The molecule has 4 N–H and O–H groups in total. The number of aliphatic hydroxyl groups is 1. The molecule has 1 aliphatic carbocycles. The third kappa shape index (κ3) is 8.44. The molecule has 3 amide bonds. The number of carbonyl (C=O) groups excluding carboxylic acids is 3. The van der Waals surface area contributed by atoms with Gasteiger partial charge in [-0.05, 0) is 63.4 Å². The van der Waals surface area contributed by atoms with Gasteiger partial charge in [-0.25, -0.2) is 5.06 Å². The first-order valence-electron chi connectivity index (χ1n) is 12.0. The molecule has 184 valence electrons. The lowest BCUT2D eigenvalue weighted by molar-refractivity contribution is -0.166. The van der Waals surface area contributed by atoms with Gasteiger partial charge < -0.3 is 15.7 Å². The minimum absolute atomic E-state index is 0.108. The lowest BCUT2D eigenvalue weighted by Gasteiger charge is -2.32. The highest BCUT2D eigenvalue weighted by Gasteiger charge is 2.33. The van der Waals surface area contributed by atoms with Gasteiger partial charge in [0, 0.05) is 6.04 Å². The summed E-state index contributed by atoms with van der Waals surface area (Å²) in [6.07, 6.45) is 4.71. The molecule has 0 bridgehead atoms. The van der Waals surface area contributed by atoms with Crippen molar-refractivity contribution in [2.24, 2.45) is 11.8 Å². The second-order valence-electron chi connectivity index (χ2n) is 9.47. The Morgan fingerprint density at radius 2 is 1.85 bits per heavy atom. The van der Waals surface area contributed by atoms with Gasteiger partial charge in [-0.2, -0.15) is 0 Å². The molecule has 1 aromatic carbocycles. The van der Waals surface area contributed by atoms with Crippen molar-refractivity contribution in [2.75, 3.05) is 0 Å². The molecule has 33 heavy (non-hydrogen) atoms. The van der Waals surface area contributed by atoms with Crippen LogP contribution in [0, 0.1) is 11.8 Å². The maximum atomic E-state index is 13.2. The van der Waals surface area contributed by atoms with Crippen LogP contribution in [0.15, 0.2) is 30.3 Å². The summed E-state index contributed by atoms with van der Waals surface area (Å²) in [7, 11) is 0. The largest absolute Gasteiger partial charge is 0.393 e. The van der Waals surface area contributed by atoms with E-state index in [-0.39, 0.29) is 23.8 Å². The van der Waals surface area contributed by atoms with Crippen molar-refractivity contribution in [1.82, 2.24) is 15.7 Å². The Hall–Kier alpha value is -2.45. The van der Waals surface area contributed by atoms with Crippen molar-refractivity contribution in [3.8, 4) is 0 Å². The van der Waals surface area contributed by atoms with E-state index in [4.69, 9.17) is 0 Å². The van der Waals surface area contributed by atoms with Crippen LogP contribution >= 0.6 is 0 Å². The average Bonchev–Trinajstić information content (AvgIpc) is 2.79. The number of nitrogens with one attached hydrogen (secondary N) is 2. The van der Waals surface area contributed by atoms with Crippen molar-refractivity contribution < 1.29 is 24.7 Å². The summed E-state index contributed by atoms with van der Waals surface area (Å²) in [6.45, 7) is 5.34. The SMILES string of the molecule is CC(C)C(NC(=O)C(CCCc1ccccc1)C(C)N(O)C=O)C(=O)NC1CCCC(O)C1. The summed E-state index contributed by atoms with van der Waals surface area (Å²) in [5.74, 6) is -1.47. The zero-order chi connectivity index (χ0) is 24.4. The summed E-state index contributed by atoms with van der Waals surface area (Å²) < 4.78 is 0. The first-order chi connectivity index (χ1) is 15.7. The molecule has 0 heterocycles. The number of hydrogen-bond donors (Lipinski definition) is 4. The monoisotopic (exact) mass is 461 g/mol. The Bertz CT molecular complexity index is 758. The Balaban J connectivity index is 2.04. The lowest BCUT2D eigenvalue weighted by atomic mass is 9.90. The summed E-state index contributed by atoms with van der Waals surface area (Å²) in [4.78, 5) is 37.3. The number of amides is 3. The first kappa shape index (κ1) is 26.8. The molecule has 8 nitrogen and oxygen atoms in total. The van der Waals surface area contributed by atoms with E-state index in [1.165, 1.54) is 0 Å². The molecule has 0 spiro atoms. The molecule has 0 aliphatic heterocycles. The lowest BCUT2D eigenvalue weighted by Crippen LogP contribution is -2.55. The smallest absolute Gasteiger partial charge is 0.243 e. The van der Waals surface area contributed by atoms with E-state index in [0.29, 0.717) is 30.7 Å². The third-order valence-electron chi connectivity index (χ3n) is 6.51. The van der Waals surface area contributed by atoms with Crippen LogP contribution in [0.2, 0.25) is 0 Å². The summed E-state index contributed by atoms with van der Waals surface area (Å²) >= 11 is 0. The maximum Gasteiger partial charge on any atom is 0.243 e. The van der Waals surface area contributed by atoms with E-state index in [1.807, 2.05) is 44.2 Å². The van der Waals surface area contributed by atoms with E-state index < -0.39 is 24.1 Å². The zero-order valence-electron chi connectivity index (χ0n) is 19.9. The molecule has 1 fully saturated rings. The number of hydrogen-bond acceptors (Lipinski definition) is 5. The molecule has 5 unspecified atom stereocenters. The van der Waals surface area contributed by atoms with Gasteiger partial charge in [-0.3, -0.25) is 19.6 Å². The van der Waals surface area contributed by atoms with Crippen molar-refractivity contribution in [3.63, 3.8) is 0 Å². The molecular formula is C25H39N3O5. The molecule has 8 heteroatoms. The Morgan fingerprint density at radius 1 is 1.15 bits per heavy atom. The van der Waals surface area contributed by atoms with Crippen LogP contribution in [0.5, 0.6) is 0 Å². The molecule has 2 rings (SSSR count). The minimum Gasteiger partial charge on any atom is -0.393 e. The predicted octanol–water partition coefficient (Wildman–Crippen LogP) is 2.42. The van der Waals surface area contributed by atoms with Gasteiger partial charge >= 0.3 is 0 Å². The Kier molecular flexibility index (Phi) is 10.8. The van der Waals surface area contributed by atoms with Crippen molar-refractivity contribution >= 4 is 18.2 Å². The van der Waals surface area contributed by atoms with Gasteiger partial charge in [0.2, 0.25) is 18.2 Å². The molecular weight excluding hydrogens is 422 g/mol. The second-order valence-corrected chi connectivity index (χ2v) is 9.47. The fourth-order valence-electron chi connectivity index (χ4n) is 4.42. The molecule has 0 radical (unpaired) electrons. The highest BCUT2D eigenvalue weighted by atomic mass is 16.5. The standard InChI is InChI=1S/C25H39N3O5/c1-17(2)23(25(32)26-20-12-8-13-21(30)15-20)27-24(31)22(18(3)28(33)16-29)14-7-11-19-9-5-4-6-10-19/h4-6,9-10,16-18,20-23,30,33H,7-8,11-15H2,1-3H3,(H,26,32)(H,27,31). The molecule has 1 saturated carbocycles. The number of rotatable bonds is 12. The van der Waals surface area contributed by atoms with Crippen molar-refractivity contribution in [2.45, 2.75) is 89.9 Å². The molecule has 1 aliphatic rings. The number of nitrogens with zero attached hydrogens (tertiary/aromatic N) is 1. The van der Waals surface area contributed by atoms with Crippen LogP contribution in [0.1, 0.15) is 64.9 Å². The van der Waals surface area contributed by atoms with Gasteiger partial charge in [0.15, 0.2) is 0 Å². The van der Waals surface area contributed by atoms with Gasteiger partial charge in [-0.1, -0.05) is 44.2 Å². The van der Waals surface area contributed by atoms with Crippen LogP contribution < -0.4 is 10.6 Å². The number of hydroxylamine groups is 2. The van der Waals surface area contributed by atoms with Crippen molar-refractivity contribution in [3.05, 3.63) is 35.9 Å². The predicted molar refractivity (Wildman–Crippen MR) is 125 cm³/mol. The second kappa shape index (κ2) is 13.3. The number of benzene rings is 1. The minimum atomic E-state index is -0.747. The summed E-state index contributed by atoms with van der Waals surface area (Å²) in [6, 6.07) is 8.31. The van der Waals surface area contributed by atoms with Crippen LogP contribution in [-0.4, -0.2) is 57.8 Å². The molecule has 0 saturated heterocycles. The van der Waals surface area contributed by atoms with Crippen molar-refractivity contribution in [1.29, 1.82) is 0 Å². The highest BCUT2D eigenvalue weighted by Crippen LogP contribution is 2.20. The summed E-state index contributed by atoms with van der Waals surface area (Å²) in [5.41, 5.74) is 1.15. The zero-order valence-corrected chi connectivity index (χ0v) is 19.9. The fraction of sp³-hybridized carbons (Fsp3) is 0.640. The van der Waals surface area contributed by atoms with E-state index in [1.54, 1.807) is 6.92 Å². The van der Waals surface area contributed by atoms with E-state index >= 15 is 0 Å². The number of carbonyl (C=O) groups is 3. The molecule has 1 aromatic rings. The van der Waals surface area contributed by atoms with E-state index in [0.717, 1.165) is 31.2 Å². The maximum absolute atomic E-state index is 13.2. The Morgan fingerprint density at radius 3 is 2.45 bits per heavy atom. The topological polar surface area (TPSA) is 119 Å². The summed E-state index contributed by atoms with van der Waals surface area (Å²) in [5, 5.41) is 26.2. The first-order valence-corrected chi connectivity index (χ1v) is 12.0. The van der Waals surface area contributed by atoms with E-state index in [9.17, 15) is 24.7 Å². The van der Waals surface area contributed by atoms with Gasteiger partial charge in [0.25, 0.3) is 0 Å². The Labute approximate surface area is 196 Å². The molecule has 0 aromatic heterocycles. The van der Waals surface area contributed by atoms with Gasteiger partial charge in [-0.15, -0.1) is 0 Å². The van der Waals surface area contributed by atoms with E-state index in [2.05, 4.69) is 10.6 Å². The quantitative estimate of drug-likeness (QED) is 0.217. The number of aliphatic hydroxyl groups excluding tert-OH is 1. The van der Waals surface area contributed by atoms with Crippen LogP contribution in [-0.2, 0) is 20.8 Å². The van der Waals surface area contributed by atoms with Gasteiger partial charge in [0.05, 0.1) is 18.1 Å². The van der Waals surface area contributed by atoms with Gasteiger partial charge in [0.1, 0.15) is 6.04 Å². The fourth-order valence-corrected chi connectivity index (χ4v) is 4.42. The normalized spacial score (nSPS) is 21.0. The van der Waals surface area contributed by atoms with Crippen LogP contribution in [0.4, 0.5) is 0 Å². The number of aryl methyl sites for hydroxylation is 1.